The van der Waals surface area contributed by atoms with E-state index in [2.05, 4.69) is 47.5 Å². The molecule has 0 saturated heterocycles. The van der Waals surface area contributed by atoms with E-state index in [4.69, 9.17) is 5.26 Å². The van der Waals surface area contributed by atoms with E-state index in [0.717, 1.165) is 10.2 Å². The van der Waals surface area contributed by atoms with Crippen molar-refractivity contribution < 1.29 is 0 Å². The number of nitrogens with zero attached hydrogens (tertiary/aromatic N) is 2. The van der Waals surface area contributed by atoms with E-state index >= 15 is 0 Å². The van der Waals surface area contributed by atoms with Gasteiger partial charge in [0.15, 0.2) is 0 Å². The van der Waals surface area contributed by atoms with Crippen molar-refractivity contribution in [2.45, 2.75) is 19.8 Å². The van der Waals surface area contributed by atoms with Gasteiger partial charge in [0.2, 0.25) is 0 Å². The minimum atomic E-state index is 0.474. The average Bonchev–Trinajstić information content (AvgIpc) is 2.52. The first-order valence-corrected chi connectivity index (χ1v) is 6.51. The van der Waals surface area contributed by atoms with E-state index in [0.29, 0.717) is 11.5 Å². The van der Waals surface area contributed by atoms with Crippen molar-refractivity contribution in [3.8, 4) is 6.07 Å². The highest BCUT2D eigenvalue weighted by Crippen LogP contribution is 2.36. The summed E-state index contributed by atoms with van der Waals surface area (Å²) in [4.78, 5) is 5.34. The molecule has 0 spiro atoms. The Bertz CT molecular complexity index is 551. The summed E-state index contributed by atoms with van der Waals surface area (Å²) in [5.74, 6) is 0.474. The zero-order chi connectivity index (χ0) is 11.0. The normalized spacial score (nSPS) is 10.9. The number of aromatic nitrogens is 1. The molecule has 2 aromatic rings. The summed E-state index contributed by atoms with van der Waals surface area (Å²) in [5, 5.41) is 9.98. The van der Waals surface area contributed by atoms with E-state index < -0.39 is 0 Å². The fourth-order valence-electron chi connectivity index (χ4n) is 1.57. The Kier molecular flexibility index (Phi) is 2.94. The Morgan fingerprint density at radius 2 is 2.27 bits per heavy atom. The highest BCUT2D eigenvalue weighted by molar-refractivity contribution is 14.1. The highest BCUT2D eigenvalue weighted by Gasteiger charge is 2.14. The van der Waals surface area contributed by atoms with Crippen LogP contribution in [0.1, 0.15) is 30.9 Å². The summed E-state index contributed by atoms with van der Waals surface area (Å²) < 4.78 is 1.28. The van der Waals surface area contributed by atoms with Crippen LogP contribution in [-0.2, 0) is 0 Å². The standard InChI is InChI=1S/C11H9IN2S/c1-6(2)9-8-3-7(4-13)5-14-11(8)15-10(9)12/h3,5-6H,1-2H3. The zero-order valence-corrected chi connectivity index (χ0v) is 11.4. The molecular weight excluding hydrogens is 319 g/mol. The molecule has 2 nitrogen and oxygen atoms in total. The fourth-order valence-corrected chi connectivity index (χ4v) is 4.12. The smallest absolute Gasteiger partial charge is 0.124 e. The van der Waals surface area contributed by atoms with Crippen LogP contribution in [-0.4, -0.2) is 4.98 Å². The maximum Gasteiger partial charge on any atom is 0.124 e. The number of rotatable bonds is 1. The molecule has 0 atom stereocenters. The minimum absolute atomic E-state index is 0.474. The molecule has 2 rings (SSSR count). The van der Waals surface area contributed by atoms with Crippen LogP contribution < -0.4 is 0 Å². The van der Waals surface area contributed by atoms with Crippen LogP contribution >= 0.6 is 33.9 Å². The topological polar surface area (TPSA) is 36.7 Å². The molecule has 0 N–H and O–H groups in total. The predicted octanol–water partition coefficient (Wildman–Crippen LogP) is 3.90. The molecular formula is C11H9IN2S. The Hall–Kier alpha value is -0.670. The van der Waals surface area contributed by atoms with Gasteiger partial charge in [0, 0.05) is 11.6 Å². The van der Waals surface area contributed by atoms with Gasteiger partial charge < -0.3 is 0 Å². The summed E-state index contributed by atoms with van der Waals surface area (Å²) in [5.41, 5.74) is 1.96. The van der Waals surface area contributed by atoms with Gasteiger partial charge in [-0.05, 0) is 40.1 Å². The molecule has 0 radical (unpaired) electrons. The van der Waals surface area contributed by atoms with E-state index in [-0.39, 0.29) is 0 Å². The van der Waals surface area contributed by atoms with Gasteiger partial charge in [-0.3, -0.25) is 0 Å². The van der Waals surface area contributed by atoms with Crippen LogP contribution in [0, 0.1) is 14.2 Å². The third-order valence-corrected chi connectivity index (χ3v) is 4.41. The molecule has 76 valence electrons. The number of pyridine rings is 1. The van der Waals surface area contributed by atoms with Crippen LogP contribution in [0.3, 0.4) is 0 Å². The summed E-state index contributed by atoms with van der Waals surface area (Å²) in [6.45, 7) is 4.34. The number of halogens is 1. The van der Waals surface area contributed by atoms with Crippen LogP contribution in [0.4, 0.5) is 0 Å². The van der Waals surface area contributed by atoms with Crippen molar-refractivity contribution in [1.29, 1.82) is 5.26 Å². The molecule has 0 aromatic carbocycles. The molecule has 0 fully saturated rings. The maximum atomic E-state index is 8.84. The van der Waals surface area contributed by atoms with Gasteiger partial charge in [0.25, 0.3) is 0 Å². The van der Waals surface area contributed by atoms with Crippen molar-refractivity contribution in [3.05, 3.63) is 26.3 Å². The molecule has 0 saturated carbocycles. The lowest BCUT2D eigenvalue weighted by molar-refractivity contribution is 0.875. The molecule has 2 aromatic heterocycles. The number of fused-ring (bicyclic) bond motifs is 1. The van der Waals surface area contributed by atoms with Crippen LogP contribution in [0.5, 0.6) is 0 Å². The molecule has 0 aliphatic heterocycles. The Labute approximate surface area is 106 Å². The molecule has 0 unspecified atom stereocenters. The van der Waals surface area contributed by atoms with Crippen molar-refractivity contribution in [2.75, 3.05) is 0 Å². The van der Waals surface area contributed by atoms with Crippen LogP contribution in [0.15, 0.2) is 12.3 Å². The first-order valence-electron chi connectivity index (χ1n) is 4.61. The monoisotopic (exact) mass is 328 g/mol. The molecule has 0 aliphatic rings. The second-order valence-electron chi connectivity index (χ2n) is 3.63. The second kappa shape index (κ2) is 4.06. The first kappa shape index (κ1) is 10.8. The Balaban J connectivity index is 2.79. The van der Waals surface area contributed by atoms with Gasteiger partial charge in [-0.2, -0.15) is 5.26 Å². The lowest BCUT2D eigenvalue weighted by Gasteiger charge is -2.03. The minimum Gasteiger partial charge on any atom is -0.244 e. The Morgan fingerprint density at radius 3 is 2.87 bits per heavy atom. The summed E-state index contributed by atoms with van der Waals surface area (Å²) in [7, 11) is 0. The third kappa shape index (κ3) is 1.86. The van der Waals surface area contributed by atoms with Crippen molar-refractivity contribution in [2.24, 2.45) is 0 Å². The quantitative estimate of drug-likeness (QED) is 0.745. The lowest BCUT2D eigenvalue weighted by Crippen LogP contribution is -1.88. The molecule has 2 heterocycles. The molecule has 0 amide bonds. The number of hydrogen-bond acceptors (Lipinski definition) is 3. The van der Waals surface area contributed by atoms with E-state index in [9.17, 15) is 0 Å². The first-order chi connectivity index (χ1) is 7.13. The number of thiophene rings is 1. The van der Waals surface area contributed by atoms with Crippen molar-refractivity contribution >= 4 is 44.1 Å². The molecule has 0 aliphatic carbocycles. The van der Waals surface area contributed by atoms with Gasteiger partial charge in [0.05, 0.1) is 8.45 Å². The SMILES string of the molecule is CC(C)c1c(I)sc2ncc(C#N)cc12. The van der Waals surface area contributed by atoms with Gasteiger partial charge in [0.1, 0.15) is 10.9 Å². The molecule has 4 heteroatoms. The Morgan fingerprint density at radius 1 is 1.53 bits per heavy atom. The number of hydrogen-bond donors (Lipinski definition) is 0. The van der Waals surface area contributed by atoms with Crippen LogP contribution in [0.2, 0.25) is 0 Å². The number of nitriles is 1. The van der Waals surface area contributed by atoms with Crippen molar-refractivity contribution in [3.63, 3.8) is 0 Å². The average molecular weight is 328 g/mol. The predicted molar refractivity (Wildman–Crippen MR) is 71.1 cm³/mol. The molecule has 0 bridgehead atoms. The summed E-state index contributed by atoms with van der Waals surface area (Å²) in [6.07, 6.45) is 1.64. The largest absolute Gasteiger partial charge is 0.244 e. The van der Waals surface area contributed by atoms with Gasteiger partial charge in [-0.15, -0.1) is 11.3 Å². The maximum absolute atomic E-state index is 8.84. The molecule has 15 heavy (non-hydrogen) atoms. The third-order valence-electron chi connectivity index (χ3n) is 2.25. The van der Waals surface area contributed by atoms with E-state index in [1.165, 1.54) is 8.45 Å². The zero-order valence-electron chi connectivity index (χ0n) is 8.41. The lowest BCUT2D eigenvalue weighted by atomic mass is 10.0. The summed E-state index contributed by atoms with van der Waals surface area (Å²) >= 11 is 4.04. The van der Waals surface area contributed by atoms with Gasteiger partial charge in [-0.1, -0.05) is 13.8 Å². The second-order valence-corrected chi connectivity index (χ2v) is 6.44. The van der Waals surface area contributed by atoms with E-state index in [1.807, 2.05) is 6.07 Å². The van der Waals surface area contributed by atoms with Crippen molar-refractivity contribution in [1.82, 2.24) is 4.98 Å². The van der Waals surface area contributed by atoms with Gasteiger partial charge in [-0.25, -0.2) is 4.98 Å². The van der Waals surface area contributed by atoms with E-state index in [1.54, 1.807) is 17.5 Å². The summed E-state index contributed by atoms with van der Waals surface area (Å²) in [6, 6.07) is 4.07. The van der Waals surface area contributed by atoms with Gasteiger partial charge >= 0.3 is 0 Å². The highest BCUT2D eigenvalue weighted by atomic mass is 127. The fraction of sp³-hybridized carbons (Fsp3) is 0.273. The van der Waals surface area contributed by atoms with Crippen LogP contribution in [0.25, 0.3) is 10.2 Å².